The molecular formula is C16H26IN3O2. The largest absolute Gasteiger partial charge is 0.493 e. The lowest BCUT2D eigenvalue weighted by Crippen LogP contribution is -2.41. The zero-order valence-electron chi connectivity index (χ0n) is 13.3. The lowest BCUT2D eigenvalue weighted by molar-refractivity contribution is 0.354. The van der Waals surface area contributed by atoms with Crippen LogP contribution in [0.1, 0.15) is 37.7 Å². The predicted octanol–water partition coefficient (Wildman–Crippen LogP) is 3.06. The number of aliphatic imine (C=N–C) groups is 1. The third kappa shape index (κ3) is 5.55. The highest BCUT2D eigenvalue weighted by Crippen LogP contribution is 2.27. The first kappa shape index (κ1) is 18.9. The van der Waals surface area contributed by atoms with Crippen molar-refractivity contribution >= 4 is 29.9 Å². The third-order valence-electron chi connectivity index (χ3n) is 3.84. The second-order valence-corrected chi connectivity index (χ2v) is 5.37. The van der Waals surface area contributed by atoms with Crippen LogP contribution in [0.2, 0.25) is 0 Å². The van der Waals surface area contributed by atoms with Crippen molar-refractivity contribution in [3.63, 3.8) is 0 Å². The normalized spacial score (nSPS) is 15.8. The highest BCUT2D eigenvalue weighted by Gasteiger charge is 2.13. The molecule has 1 aromatic carbocycles. The minimum atomic E-state index is 0. The Balaban J connectivity index is 0.00000242. The van der Waals surface area contributed by atoms with Gasteiger partial charge in [0, 0.05) is 6.04 Å². The van der Waals surface area contributed by atoms with Gasteiger partial charge in [-0.2, -0.15) is 0 Å². The Morgan fingerprint density at radius 1 is 1.18 bits per heavy atom. The number of methoxy groups -OCH3 is 2. The number of halogens is 1. The Labute approximate surface area is 149 Å². The molecule has 0 radical (unpaired) electrons. The van der Waals surface area contributed by atoms with Gasteiger partial charge in [-0.05, 0) is 30.5 Å². The maximum absolute atomic E-state index is 5.96. The first-order chi connectivity index (χ1) is 10.2. The predicted molar refractivity (Wildman–Crippen MR) is 100 cm³/mol. The van der Waals surface area contributed by atoms with E-state index in [-0.39, 0.29) is 24.0 Å². The molecule has 0 spiro atoms. The summed E-state index contributed by atoms with van der Waals surface area (Å²) in [4.78, 5) is 4.41. The number of benzene rings is 1. The van der Waals surface area contributed by atoms with Crippen molar-refractivity contribution in [2.24, 2.45) is 10.7 Å². The van der Waals surface area contributed by atoms with Crippen molar-refractivity contribution in [1.82, 2.24) is 5.32 Å². The standard InChI is InChI=1S/C16H25N3O2.HI/c1-20-14-9-8-12(10-15(14)21-2)11-18-16(17)19-13-6-4-3-5-7-13;/h8-10,13H,3-7,11H2,1-2H3,(H3,17,18,19);1H. The van der Waals surface area contributed by atoms with Crippen LogP contribution in [0.15, 0.2) is 23.2 Å². The zero-order chi connectivity index (χ0) is 15.1. The molecule has 0 heterocycles. The molecule has 124 valence electrons. The van der Waals surface area contributed by atoms with Crippen molar-refractivity contribution in [3.8, 4) is 11.5 Å². The molecule has 0 atom stereocenters. The number of hydrogen-bond donors (Lipinski definition) is 2. The molecule has 1 aliphatic rings. The highest BCUT2D eigenvalue weighted by atomic mass is 127. The summed E-state index contributed by atoms with van der Waals surface area (Å²) in [6, 6.07) is 6.26. The molecule has 1 fully saturated rings. The molecule has 5 nitrogen and oxygen atoms in total. The molecule has 1 saturated carbocycles. The molecule has 3 N–H and O–H groups in total. The fourth-order valence-electron chi connectivity index (χ4n) is 2.66. The van der Waals surface area contributed by atoms with Crippen LogP contribution in [-0.2, 0) is 6.54 Å². The van der Waals surface area contributed by atoms with Gasteiger partial charge in [0.1, 0.15) is 0 Å². The van der Waals surface area contributed by atoms with Gasteiger partial charge in [0.05, 0.1) is 20.8 Å². The summed E-state index contributed by atoms with van der Waals surface area (Å²) in [6.45, 7) is 0.534. The van der Waals surface area contributed by atoms with Crippen LogP contribution >= 0.6 is 24.0 Å². The molecule has 6 heteroatoms. The Kier molecular flexibility index (Phi) is 8.37. The summed E-state index contributed by atoms with van der Waals surface area (Å²) in [5.41, 5.74) is 7.00. The number of guanidine groups is 1. The summed E-state index contributed by atoms with van der Waals surface area (Å²) in [5.74, 6) is 1.96. The molecule has 22 heavy (non-hydrogen) atoms. The first-order valence-corrected chi connectivity index (χ1v) is 7.50. The van der Waals surface area contributed by atoms with E-state index in [0.29, 0.717) is 24.3 Å². The zero-order valence-corrected chi connectivity index (χ0v) is 15.6. The van der Waals surface area contributed by atoms with Crippen molar-refractivity contribution in [1.29, 1.82) is 0 Å². The summed E-state index contributed by atoms with van der Waals surface area (Å²) >= 11 is 0. The van der Waals surface area contributed by atoms with Gasteiger partial charge in [0.2, 0.25) is 0 Å². The van der Waals surface area contributed by atoms with Crippen LogP contribution in [0.25, 0.3) is 0 Å². The van der Waals surface area contributed by atoms with Gasteiger partial charge in [-0.15, -0.1) is 24.0 Å². The van der Waals surface area contributed by atoms with Crippen LogP contribution in [0.5, 0.6) is 11.5 Å². The van der Waals surface area contributed by atoms with Crippen LogP contribution < -0.4 is 20.5 Å². The Morgan fingerprint density at radius 2 is 1.86 bits per heavy atom. The molecule has 1 aliphatic carbocycles. The summed E-state index contributed by atoms with van der Waals surface area (Å²) in [6.07, 6.45) is 6.27. The molecular weight excluding hydrogens is 393 g/mol. The van der Waals surface area contributed by atoms with E-state index in [2.05, 4.69) is 10.3 Å². The van der Waals surface area contributed by atoms with Gasteiger partial charge in [0.15, 0.2) is 17.5 Å². The molecule has 0 unspecified atom stereocenters. The lowest BCUT2D eigenvalue weighted by atomic mass is 9.96. The van der Waals surface area contributed by atoms with Gasteiger partial charge < -0.3 is 20.5 Å². The molecule has 0 aliphatic heterocycles. The fourth-order valence-corrected chi connectivity index (χ4v) is 2.66. The second-order valence-electron chi connectivity index (χ2n) is 5.37. The van der Waals surface area contributed by atoms with Crippen molar-refractivity contribution in [2.75, 3.05) is 14.2 Å². The Bertz CT molecular complexity index is 488. The van der Waals surface area contributed by atoms with E-state index in [1.165, 1.54) is 32.1 Å². The Morgan fingerprint density at radius 3 is 2.50 bits per heavy atom. The highest BCUT2D eigenvalue weighted by molar-refractivity contribution is 14.0. The maximum atomic E-state index is 5.96. The summed E-state index contributed by atoms with van der Waals surface area (Å²) in [7, 11) is 3.26. The number of nitrogens with zero attached hydrogens (tertiary/aromatic N) is 1. The SMILES string of the molecule is COc1ccc(CN=C(N)NC2CCCCC2)cc1OC.I. The number of nitrogens with two attached hydrogens (primary N) is 1. The molecule has 0 saturated heterocycles. The Hall–Kier alpha value is -1.18. The van der Waals surface area contributed by atoms with Crippen LogP contribution in [0.4, 0.5) is 0 Å². The number of hydrogen-bond acceptors (Lipinski definition) is 3. The van der Waals surface area contributed by atoms with E-state index in [1.54, 1.807) is 14.2 Å². The van der Waals surface area contributed by atoms with Gasteiger partial charge in [-0.3, -0.25) is 0 Å². The number of nitrogens with one attached hydrogen (secondary N) is 1. The van der Waals surface area contributed by atoms with E-state index in [9.17, 15) is 0 Å². The fraction of sp³-hybridized carbons (Fsp3) is 0.562. The van der Waals surface area contributed by atoms with Crippen LogP contribution in [0, 0.1) is 0 Å². The van der Waals surface area contributed by atoms with Crippen molar-refractivity contribution in [3.05, 3.63) is 23.8 Å². The van der Waals surface area contributed by atoms with E-state index in [4.69, 9.17) is 15.2 Å². The minimum absolute atomic E-state index is 0. The summed E-state index contributed by atoms with van der Waals surface area (Å²) in [5, 5.41) is 3.31. The van der Waals surface area contributed by atoms with E-state index in [0.717, 1.165) is 11.3 Å². The van der Waals surface area contributed by atoms with Gasteiger partial charge in [-0.25, -0.2) is 4.99 Å². The monoisotopic (exact) mass is 419 g/mol. The topological polar surface area (TPSA) is 68.9 Å². The molecule has 1 aromatic rings. The van der Waals surface area contributed by atoms with Gasteiger partial charge in [-0.1, -0.05) is 25.3 Å². The van der Waals surface area contributed by atoms with E-state index < -0.39 is 0 Å². The second kappa shape index (κ2) is 9.76. The van der Waals surface area contributed by atoms with E-state index >= 15 is 0 Å². The van der Waals surface area contributed by atoms with Crippen molar-refractivity contribution in [2.45, 2.75) is 44.7 Å². The average molecular weight is 419 g/mol. The average Bonchev–Trinajstić information content (AvgIpc) is 2.53. The minimum Gasteiger partial charge on any atom is -0.493 e. The molecule has 2 rings (SSSR count). The maximum Gasteiger partial charge on any atom is 0.189 e. The smallest absolute Gasteiger partial charge is 0.189 e. The van der Waals surface area contributed by atoms with Crippen LogP contribution in [-0.4, -0.2) is 26.2 Å². The van der Waals surface area contributed by atoms with E-state index in [1.807, 2.05) is 18.2 Å². The number of rotatable bonds is 5. The van der Waals surface area contributed by atoms with Gasteiger partial charge in [0.25, 0.3) is 0 Å². The van der Waals surface area contributed by atoms with Gasteiger partial charge >= 0.3 is 0 Å². The quantitative estimate of drug-likeness (QED) is 0.438. The first-order valence-electron chi connectivity index (χ1n) is 7.50. The van der Waals surface area contributed by atoms with Crippen LogP contribution in [0.3, 0.4) is 0 Å². The summed E-state index contributed by atoms with van der Waals surface area (Å²) < 4.78 is 10.5. The number of ether oxygens (including phenoxy) is 2. The molecule has 0 amide bonds. The molecule has 0 bridgehead atoms. The third-order valence-corrected chi connectivity index (χ3v) is 3.84. The molecule has 0 aromatic heterocycles. The van der Waals surface area contributed by atoms with Crippen molar-refractivity contribution < 1.29 is 9.47 Å². The lowest BCUT2D eigenvalue weighted by Gasteiger charge is -2.23.